The summed E-state index contributed by atoms with van der Waals surface area (Å²) in [6.45, 7) is 4.03. The van der Waals surface area contributed by atoms with Crippen molar-refractivity contribution < 1.29 is 9.53 Å². The molecular weight excluding hydrogens is 292 g/mol. The molecule has 1 N–H and O–H groups in total. The Hall–Kier alpha value is -3.02. The van der Waals surface area contributed by atoms with Gasteiger partial charge in [0.25, 0.3) is 0 Å². The zero-order valence-corrected chi connectivity index (χ0v) is 12.9. The molecule has 0 atom stereocenters. The number of carbonyl (C=O) groups excluding carboxylic acids is 1. The number of nitrogens with one attached hydrogen (secondary N) is 1. The van der Waals surface area contributed by atoms with Crippen LogP contribution in [-0.4, -0.2) is 33.0 Å². The van der Waals surface area contributed by atoms with Gasteiger partial charge in [-0.25, -0.2) is 0 Å². The molecule has 0 saturated heterocycles. The fourth-order valence-electron chi connectivity index (χ4n) is 2.37. The largest absolute Gasteiger partial charge is 0.493 e. The van der Waals surface area contributed by atoms with Gasteiger partial charge in [0.1, 0.15) is 5.75 Å². The number of hydrogen-bond donors (Lipinski definition) is 1. The smallest absolute Gasteiger partial charge is 0.204 e. The zero-order valence-electron chi connectivity index (χ0n) is 12.9. The Balaban J connectivity index is 2.11. The van der Waals surface area contributed by atoms with Gasteiger partial charge in [0.2, 0.25) is 5.82 Å². The van der Waals surface area contributed by atoms with Crippen molar-refractivity contribution in [1.82, 2.24) is 20.6 Å². The van der Waals surface area contributed by atoms with Gasteiger partial charge in [-0.3, -0.25) is 4.79 Å². The van der Waals surface area contributed by atoms with E-state index in [2.05, 4.69) is 20.6 Å². The lowest BCUT2D eigenvalue weighted by Crippen LogP contribution is -1.98. The number of nitrogens with zero attached hydrogens (tertiary/aromatic N) is 3. The number of ketones is 1. The quantitative estimate of drug-likeness (QED) is 0.732. The molecule has 0 aliphatic rings. The Morgan fingerprint density at radius 2 is 2.00 bits per heavy atom. The van der Waals surface area contributed by atoms with E-state index in [0.717, 1.165) is 22.4 Å². The van der Waals surface area contributed by atoms with Crippen molar-refractivity contribution in [2.45, 2.75) is 13.8 Å². The summed E-state index contributed by atoms with van der Waals surface area (Å²) < 4.78 is 5.70. The van der Waals surface area contributed by atoms with Crippen LogP contribution in [0.1, 0.15) is 24.2 Å². The van der Waals surface area contributed by atoms with Crippen LogP contribution in [0.2, 0.25) is 0 Å². The highest BCUT2D eigenvalue weighted by Gasteiger charge is 2.12. The Labute approximate surface area is 133 Å². The topological polar surface area (TPSA) is 80.8 Å². The number of rotatable bonds is 5. The van der Waals surface area contributed by atoms with E-state index in [0.29, 0.717) is 18.0 Å². The maximum atomic E-state index is 11.7. The van der Waals surface area contributed by atoms with Gasteiger partial charge in [-0.05, 0) is 48.9 Å². The molecule has 3 aromatic rings. The van der Waals surface area contributed by atoms with Gasteiger partial charge >= 0.3 is 0 Å². The number of carbonyl (C=O) groups is 1. The van der Waals surface area contributed by atoms with Gasteiger partial charge in [0.15, 0.2) is 5.78 Å². The van der Waals surface area contributed by atoms with Crippen LogP contribution in [0.15, 0.2) is 42.5 Å². The van der Waals surface area contributed by atoms with Crippen molar-refractivity contribution >= 4 is 5.78 Å². The summed E-state index contributed by atoms with van der Waals surface area (Å²) >= 11 is 0. The molecule has 0 saturated carbocycles. The molecule has 2 aromatic carbocycles. The van der Waals surface area contributed by atoms with E-state index < -0.39 is 0 Å². The predicted octanol–water partition coefficient (Wildman–Crippen LogP) is 3.14. The lowest BCUT2D eigenvalue weighted by Gasteiger charge is -2.12. The van der Waals surface area contributed by atoms with E-state index in [4.69, 9.17) is 4.74 Å². The molecule has 1 aromatic heterocycles. The van der Waals surface area contributed by atoms with Crippen LogP contribution in [0.4, 0.5) is 0 Å². The second kappa shape index (κ2) is 6.39. The van der Waals surface area contributed by atoms with Crippen molar-refractivity contribution in [3.05, 3.63) is 48.0 Å². The van der Waals surface area contributed by atoms with Crippen molar-refractivity contribution in [3.8, 4) is 28.3 Å². The lowest BCUT2D eigenvalue weighted by molar-refractivity contribution is 0.101. The van der Waals surface area contributed by atoms with E-state index in [9.17, 15) is 4.79 Å². The van der Waals surface area contributed by atoms with Gasteiger partial charge in [-0.1, -0.05) is 18.2 Å². The molecular formula is C17H16N4O2. The van der Waals surface area contributed by atoms with Gasteiger partial charge in [-0.15, -0.1) is 10.2 Å². The van der Waals surface area contributed by atoms with Crippen LogP contribution in [0.25, 0.3) is 22.5 Å². The van der Waals surface area contributed by atoms with Crippen LogP contribution >= 0.6 is 0 Å². The van der Waals surface area contributed by atoms with Gasteiger partial charge in [-0.2, -0.15) is 5.21 Å². The number of aromatic nitrogens is 4. The highest BCUT2D eigenvalue weighted by molar-refractivity contribution is 5.96. The third kappa shape index (κ3) is 3.11. The average Bonchev–Trinajstić information content (AvgIpc) is 3.10. The van der Waals surface area contributed by atoms with Gasteiger partial charge in [0, 0.05) is 16.7 Å². The first-order valence-electron chi connectivity index (χ1n) is 7.31. The molecule has 0 unspecified atom stereocenters. The third-order valence-corrected chi connectivity index (χ3v) is 3.46. The number of Topliss-reactive ketones (excluding diaryl/α,β-unsaturated/α-hetero) is 1. The lowest BCUT2D eigenvalue weighted by atomic mass is 9.98. The Bertz CT molecular complexity index is 828. The van der Waals surface area contributed by atoms with Crippen molar-refractivity contribution in [2.75, 3.05) is 6.61 Å². The van der Waals surface area contributed by atoms with Crippen molar-refractivity contribution in [1.29, 1.82) is 0 Å². The molecule has 0 radical (unpaired) electrons. The molecule has 0 aliphatic heterocycles. The van der Waals surface area contributed by atoms with Crippen molar-refractivity contribution in [3.63, 3.8) is 0 Å². The van der Waals surface area contributed by atoms with Crippen LogP contribution in [0, 0.1) is 0 Å². The zero-order chi connectivity index (χ0) is 16.2. The standard InChI is InChI=1S/C17H16N4O2/c1-3-23-16-8-7-12(11(2)22)10-15(16)13-5-4-6-14(9-13)17-18-20-21-19-17/h4-10H,3H2,1-2H3,(H,18,19,20,21). The SMILES string of the molecule is CCOc1ccc(C(C)=O)cc1-c1cccc(-c2nn[nH]n2)c1. The number of H-pyrrole nitrogens is 1. The molecule has 116 valence electrons. The summed E-state index contributed by atoms with van der Waals surface area (Å²) in [5.41, 5.74) is 3.28. The maximum Gasteiger partial charge on any atom is 0.204 e. The van der Waals surface area contributed by atoms with E-state index in [-0.39, 0.29) is 5.78 Å². The van der Waals surface area contributed by atoms with Crippen LogP contribution in [0.3, 0.4) is 0 Å². The maximum absolute atomic E-state index is 11.7. The monoisotopic (exact) mass is 308 g/mol. The summed E-state index contributed by atoms with van der Waals surface area (Å²) in [6.07, 6.45) is 0. The highest BCUT2D eigenvalue weighted by atomic mass is 16.5. The molecule has 0 fully saturated rings. The first-order valence-corrected chi connectivity index (χ1v) is 7.31. The van der Waals surface area contributed by atoms with Crippen LogP contribution in [0.5, 0.6) is 5.75 Å². The number of tetrazole rings is 1. The van der Waals surface area contributed by atoms with E-state index >= 15 is 0 Å². The molecule has 0 spiro atoms. The van der Waals surface area contributed by atoms with Crippen LogP contribution < -0.4 is 4.74 Å². The Morgan fingerprint density at radius 1 is 1.17 bits per heavy atom. The van der Waals surface area contributed by atoms with Gasteiger partial charge in [0.05, 0.1) is 6.61 Å². The third-order valence-electron chi connectivity index (χ3n) is 3.46. The summed E-state index contributed by atoms with van der Waals surface area (Å²) in [4.78, 5) is 11.7. The summed E-state index contributed by atoms with van der Waals surface area (Å²) in [5.74, 6) is 1.28. The average molecular weight is 308 g/mol. The number of benzene rings is 2. The Kier molecular flexibility index (Phi) is 4.14. The molecule has 0 bridgehead atoms. The number of hydrogen-bond acceptors (Lipinski definition) is 5. The first kappa shape index (κ1) is 14.9. The van der Waals surface area contributed by atoms with Gasteiger partial charge < -0.3 is 4.74 Å². The van der Waals surface area contributed by atoms with Crippen LogP contribution in [-0.2, 0) is 0 Å². The fraction of sp³-hybridized carbons (Fsp3) is 0.176. The summed E-state index contributed by atoms with van der Waals surface area (Å²) in [6, 6.07) is 13.2. The number of ether oxygens (including phenoxy) is 1. The minimum absolute atomic E-state index is 0.0172. The van der Waals surface area contributed by atoms with E-state index in [1.807, 2.05) is 43.3 Å². The highest BCUT2D eigenvalue weighted by Crippen LogP contribution is 2.33. The minimum atomic E-state index is 0.0172. The molecule has 0 aliphatic carbocycles. The van der Waals surface area contributed by atoms with E-state index in [1.165, 1.54) is 0 Å². The summed E-state index contributed by atoms with van der Waals surface area (Å²) in [7, 11) is 0. The number of aromatic amines is 1. The fourth-order valence-corrected chi connectivity index (χ4v) is 2.37. The summed E-state index contributed by atoms with van der Waals surface area (Å²) in [5, 5.41) is 14.0. The van der Waals surface area contributed by atoms with E-state index in [1.54, 1.807) is 13.0 Å². The predicted molar refractivity (Wildman–Crippen MR) is 86.2 cm³/mol. The molecule has 0 amide bonds. The molecule has 3 rings (SSSR count). The second-order valence-corrected chi connectivity index (χ2v) is 5.02. The van der Waals surface area contributed by atoms with Crippen molar-refractivity contribution in [2.24, 2.45) is 0 Å². The minimum Gasteiger partial charge on any atom is -0.493 e. The first-order chi connectivity index (χ1) is 11.2. The molecule has 6 nitrogen and oxygen atoms in total. The normalized spacial score (nSPS) is 10.5. The molecule has 1 heterocycles. The Morgan fingerprint density at radius 3 is 2.70 bits per heavy atom. The molecule has 6 heteroatoms. The second-order valence-electron chi connectivity index (χ2n) is 5.02. The molecule has 23 heavy (non-hydrogen) atoms.